The van der Waals surface area contributed by atoms with Crippen molar-refractivity contribution >= 4 is 11.8 Å². The second-order valence-corrected chi connectivity index (χ2v) is 2.54. The van der Waals surface area contributed by atoms with E-state index in [2.05, 4.69) is 15.1 Å². The fraction of sp³-hybridized carbons (Fsp3) is 0.714. The largest absolute Gasteiger partial charge is 0.375 e. The van der Waals surface area contributed by atoms with Gasteiger partial charge in [-0.05, 0) is 0 Å². The molecule has 0 aromatic rings. The average molecular weight is 190 g/mol. The number of hydroxylamine groups is 1. The van der Waals surface area contributed by atoms with Crippen molar-refractivity contribution in [3.05, 3.63) is 0 Å². The molecule has 0 fully saturated rings. The molecule has 0 spiro atoms. The maximum absolute atomic E-state index is 10.9. The van der Waals surface area contributed by atoms with Crippen molar-refractivity contribution in [1.82, 2.24) is 10.4 Å². The zero-order valence-corrected chi connectivity index (χ0v) is 7.99. The van der Waals surface area contributed by atoms with E-state index < -0.39 is 5.91 Å². The first kappa shape index (κ1) is 11.9. The summed E-state index contributed by atoms with van der Waals surface area (Å²) in [5.74, 6) is -0.647. The molecule has 0 saturated carbocycles. The Kier molecular flexibility index (Phi) is 5.82. The van der Waals surface area contributed by atoms with E-state index in [1.165, 1.54) is 12.0 Å². The first-order chi connectivity index (χ1) is 6.07. The van der Waals surface area contributed by atoms with Crippen LogP contribution in [-0.2, 0) is 19.2 Å². The van der Waals surface area contributed by atoms with Gasteiger partial charge < -0.3 is 9.64 Å². The molecule has 0 radical (unpaired) electrons. The molecule has 13 heavy (non-hydrogen) atoms. The van der Waals surface area contributed by atoms with Crippen LogP contribution in [0.25, 0.3) is 0 Å². The molecule has 0 rings (SSSR count). The molecule has 0 aliphatic heterocycles. The molecule has 6 heteroatoms. The molecule has 6 nitrogen and oxygen atoms in total. The van der Waals surface area contributed by atoms with Gasteiger partial charge in [0.15, 0.2) is 6.61 Å². The minimum atomic E-state index is -0.422. The molecular weight excluding hydrogens is 176 g/mol. The van der Waals surface area contributed by atoms with Gasteiger partial charge in [-0.25, -0.2) is 5.48 Å². The quantitative estimate of drug-likeness (QED) is 0.551. The number of methoxy groups -OCH3 is 1. The summed E-state index contributed by atoms with van der Waals surface area (Å²) in [5, 5.41) is 0. The van der Waals surface area contributed by atoms with Crippen LogP contribution in [-0.4, -0.2) is 51.1 Å². The Labute approximate surface area is 76.7 Å². The molecule has 0 aromatic carbocycles. The van der Waals surface area contributed by atoms with Crippen LogP contribution in [0, 0.1) is 0 Å². The highest BCUT2D eigenvalue weighted by molar-refractivity contribution is 5.78. The van der Waals surface area contributed by atoms with E-state index in [-0.39, 0.29) is 19.1 Å². The van der Waals surface area contributed by atoms with Crippen LogP contribution in [0.1, 0.15) is 0 Å². The first-order valence-electron chi connectivity index (χ1n) is 3.67. The van der Waals surface area contributed by atoms with Crippen molar-refractivity contribution in [3.63, 3.8) is 0 Å². The summed E-state index contributed by atoms with van der Waals surface area (Å²) in [6.45, 7) is -0.265. The number of ether oxygens (including phenoxy) is 1. The Morgan fingerprint density at radius 2 is 1.92 bits per heavy atom. The Balaban J connectivity index is 3.45. The zero-order chi connectivity index (χ0) is 10.3. The highest BCUT2D eigenvalue weighted by Crippen LogP contribution is 1.79. The van der Waals surface area contributed by atoms with Gasteiger partial charge in [-0.15, -0.1) is 0 Å². The van der Waals surface area contributed by atoms with Crippen molar-refractivity contribution in [3.8, 4) is 0 Å². The Bertz CT molecular complexity index is 181. The maximum Gasteiger partial charge on any atom is 0.269 e. The normalized spacial score (nSPS) is 9.46. The monoisotopic (exact) mass is 190 g/mol. The lowest BCUT2D eigenvalue weighted by Gasteiger charge is -2.10. The average Bonchev–Trinajstić information content (AvgIpc) is 2.04. The summed E-state index contributed by atoms with van der Waals surface area (Å²) in [5.41, 5.74) is 2.06. The third kappa shape index (κ3) is 6.06. The van der Waals surface area contributed by atoms with E-state index in [9.17, 15) is 9.59 Å². The van der Waals surface area contributed by atoms with Crippen LogP contribution < -0.4 is 5.48 Å². The third-order valence-corrected chi connectivity index (χ3v) is 1.16. The second kappa shape index (κ2) is 6.38. The molecule has 2 amide bonds. The van der Waals surface area contributed by atoms with Gasteiger partial charge >= 0.3 is 0 Å². The lowest BCUT2D eigenvalue weighted by molar-refractivity contribution is -0.145. The fourth-order valence-corrected chi connectivity index (χ4v) is 0.468. The van der Waals surface area contributed by atoms with Gasteiger partial charge in [-0.1, -0.05) is 0 Å². The maximum atomic E-state index is 10.9. The summed E-state index contributed by atoms with van der Waals surface area (Å²) >= 11 is 0. The molecule has 0 heterocycles. The summed E-state index contributed by atoms with van der Waals surface area (Å²) in [4.78, 5) is 27.6. The second-order valence-electron chi connectivity index (χ2n) is 2.54. The molecule has 76 valence electrons. The van der Waals surface area contributed by atoms with Crippen LogP contribution in [0.15, 0.2) is 0 Å². The van der Waals surface area contributed by atoms with E-state index in [1.807, 2.05) is 0 Å². The van der Waals surface area contributed by atoms with E-state index in [0.29, 0.717) is 0 Å². The van der Waals surface area contributed by atoms with Crippen molar-refractivity contribution in [2.75, 3.05) is 34.4 Å². The van der Waals surface area contributed by atoms with Gasteiger partial charge in [0.25, 0.3) is 11.8 Å². The van der Waals surface area contributed by atoms with E-state index in [1.54, 1.807) is 14.1 Å². The number of rotatable bonds is 5. The van der Waals surface area contributed by atoms with Crippen molar-refractivity contribution in [2.24, 2.45) is 0 Å². The van der Waals surface area contributed by atoms with Gasteiger partial charge in [0, 0.05) is 21.2 Å². The number of nitrogens with one attached hydrogen (secondary N) is 1. The van der Waals surface area contributed by atoms with Crippen molar-refractivity contribution < 1.29 is 19.2 Å². The summed E-state index contributed by atoms with van der Waals surface area (Å²) < 4.78 is 4.52. The highest BCUT2D eigenvalue weighted by Gasteiger charge is 2.05. The predicted molar refractivity (Wildman–Crippen MR) is 44.7 cm³/mol. The number of hydrogen-bond acceptors (Lipinski definition) is 4. The van der Waals surface area contributed by atoms with Crippen molar-refractivity contribution in [1.29, 1.82) is 0 Å². The fourth-order valence-electron chi connectivity index (χ4n) is 0.468. The first-order valence-corrected chi connectivity index (χ1v) is 3.67. The summed E-state index contributed by atoms with van der Waals surface area (Å²) in [6, 6.07) is 0. The molecule has 0 saturated heterocycles. The van der Waals surface area contributed by atoms with Gasteiger partial charge in [0.05, 0.1) is 0 Å². The third-order valence-electron chi connectivity index (χ3n) is 1.16. The van der Waals surface area contributed by atoms with E-state index in [0.717, 1.165) is 0 Å². The number of hydrogen-bond donors (Lipinski definition) is 1. The van der Waals surface area contributed by atoms with E-state index in [4.69, 9.17) is 0 Å². The Morgan fingerprint density at radius 3 is 2.38 bits per heavy atom. The van der Waals surface area contributed by atoms with Gasteiger partial charge in [0.1, 0.15) is 6.61 Å². The van der Waals surface area contributed by atoms with Crippen LogP contribution in [0.4, 0.5) is 0 Å². The van der Waals surface area contributed by atoms with E-state index >= 15 is 0 Å². The SMILES string of the molecule is COCC(=O)NOCC(=O)N(C)C. The number of amides is 2. The zero-order valence-electron chi connectivity index (χ0n) is 7.99. The highest BCUT2D eigenvalue weighted by atomic mass is 16.7. The van der Waals surface area contributed by atoms with Crippen LogP contribution in [0.3, 0.4) is 0 Å². The standard InChI is InChI=1S/C7H14N2O4/c1-9(2)7(11)5-13-8-6(10)4-12-3/h4-5H2,1-3H3,(H,8,10). The predicted octanol–water partition coefficient (Wildman–Crippen LogP) is -1.23. The number of carbonyl (C=O) groups excluding carboxylic acids is 2. The molecule has 0 unspecified atom stereocenters. The number of nitrogens with zero attached hydrogens (tertiary/aromatic N) is 1. The summed E-state index contributed by atoms with van der Waals surface area (Å²) in [7, 11) is 4.59. The molecule has 0 aliphatic carbocycles. The number of carbonyl (C=O) groups is 2. The topological polar surface area (TPSA) is 67.9 Å². The van der Waals surface area contributed by atoms with Gasteiger partial charge in [0.2, 0.25) is 0 Å². The summed E-state index contributed by atoms with van der Waals surface area (Å²) in [6.07, 6.45) is 0. The Morgan fingerprint density at radius 1 is 1.31 bits per heavy atom. The minimum absolute atomic E-state index is 0.0871. The number of likely N-dealkylation sites (N-methyl/N-ethyl adjacent to an activating group) is 1. The molecule has 0 atom stereocenters. The van der Waals surface area contributed by atoms with Crippen LogP contribution >= 0.6 is 0 Å². The smallest absolute Gasteiger partial charge is 0.269 e. The lowest BCUT2D eigenvalue weighted by atomic mass is 10.6. The lowest BCUT2D eigenvalue weighted by Crippen LogP contribution is -2.33. The van der Waals surface area contributed by atoms with Crippen molar-refractivity contribution in [2.45, 2.75) is 0 Å². The molecule has 1 N–H and O–H groups in total. The van der Waals surface area contributed by atoms with Crippen LogP contribution in [0.5, 0.6) is 0 Å². The molecule has 0 aliphatic rings. The molecular formula is C7H14N2O4. The minimum Gasteiger partial charge on any atom is -0.375 e. The van der Waals surface area contributed by atoms with Gasteiger partial charge in [-0.3, -0.25) is 14.4 Å². The van der Waals surface area contributed by atoms with Crippen LogP contribution in [0.2, 0.25) is 0 Å². The molecule has 0 bridgehead atoms. The Hall–Kier alpha value is -1.14. The van der Waals surface area contributed by atoms with Gasteiger partial charge in [-0.2, -0.15) is 0 Å². The molecule has 0 aromatic heterocycles.